The molecule has 1 unspecified atom stereocenters. The maximum atomic E-state index is 12.8. The molecule has 2 rings (SSSR count). The number of nitrogens with zero attached hydrogens (tertiary/aromatic N) is 1. The highest BCUT2D eigenvalue weighted by Crippen LogP contribution is 2.21. The number of benzene rings is 2. The zero-order chi connectivity index (χ0) is 13.0. The minimum atomic E-state index is -0.538. The van der Waals surface area contributed by atoms with Gasteiger partial charge in [-0.25, -0.2) is 4.39 Å². The standard InChI is InChI=1S/C14H10ClFN2/c15-11-2-1-3-13(8-11)18-14(9-17)10-4-6-12(16)7-5-10/h1-8,14,18H. The minimum Gasteiger partial charge on any atom is -0.366 e. The molecule has 0 aliphatic carbocycles. The van der Waals surface area contributed by atoms with Gasteiger partial charge in [0.25, 0.3) is 0 Å². The molecule has 0 bridgehead atoms. The molecule has 0 heterocycles. The Morgan fingerprint density at radius 3 is 2.50 bits per heavy atom. The van der Waals surface area contributed by atoms with E-state index in [1.165, 1.54) is 12.1 Å². The van der Waals surface area contributed by atoms with Gasteiger partial charge in [-0.2, -0.15) is 5.26 Å². The van der Waals surface area contributed by atoms with Gasteiger partial charge in [0, 0.05) is 10.7 Å². The Morgan fingerprint density at radius 2 is 1.89 bits per heavy atom. The summed E-state index contributed by atoms with van der Waals surface area (Å²) in [6.07, 6.45) is 0. The molecule has 18 heavy (non-hydrogen) atoms. The molecule has 0 spiro atoms. The third-order valence-corrected chi connectivity index (χ3v) is 2.70. The van der Waals surface area contributed by atoms with Crippen molar-refractivity contribution in [2.75, 3.05) is 5.32 Å². The first-order valence-electron chi connectivity index (χ1n) is 5.36. The van der Waals surface area contributed by atoms with E-state index in [4.69, 9.17) is 16.9 Å². The van der Waals surface area contributed by atoms with E-state index in [1.54, 1.807) is 30.3 Å². The van der Waals surface area contributed by atoms with Crippen LogP contribution in [0.2, 0.25) is 5.02 Å². The maximum absolute atomic E-state index is 12.8. The number of anilines is 1. The van der Waals surface area contributed by atoms with Gasteiger partial charge >= 0.3 is 0 Å². The monoisotopic (exact) mass is 260 g/mol. The van der Waals surface area contributed by atoms with Crippen LogP contribution < -0.4 is 5.32 Å². The van der Waals surface area contributed by atoms with Crippen molar-refractivity contribution in [3.63, 3.8) is 0 Å². The largest absolute Gasteiger partial charge is 0.366 e. The Balaban J connectivity index is 2.20. The Bertz CT molecular complexity index is 575. The second-order valence-electron chi connectivity index (χ2n) is 3.77. The molecule has 0 amide bonds. The molecule has 90 valence electrons. The maximum Gasteiger partial charge on any atom is 0.140 e. The summed E-state index contributed by atoms with van der Waals surface area (Å²) in [5.74, 6) is -0.321. The average molecular weight is 261 g/mol. The predicted molar refractivity (Wildman–Crippen MR) is 69.8 cm³/mol. The molecule has 0 aliphatic rings. The van der Waals surface area contributed by atoms with Crippen LogP contribution in [-0.2, 0) is 0 Å². The van der Waals surface area contributed by atoms with Gasteiger partial charge in [-0.3, -0.25) is 0 Å². The van der Waals surface area contributed by atoms with Crippen molar-refractivity contribution in [2.24, 2.45) is 0 Å². The number of halogens is 2. The summed E-state index contributed by atoms with van der Waals surface area (Å²) in [5, 5.41) is 12.8. The topological polar surface area (TPSA) is 35.8 Å². The number of nitriles is 1. The highest BCUT2D eigenvalue weighted by Gasteiger charge is 2.10. The van der Waals surface area contributed by atoms with Gasteiger partial charge in [0.2, 0.25) is 0 Å². The molecule has 1 N–H and O–H groups in total. The first-order chi connectivity index (χ1) is 8.69. The second-order valence-corrected chi connectivity index (χ2v) is 4.20. The van der Waals surface area contributed by atoms with E-state index in [0.717, 1.165) is 5.69 Å². The number of nitrogens with one attached hydrogen (secondary N) is 1. The van der Waals surface area contributed by atoms with Gasteiger partial charge in [-0.1, -0.05) is 29.8 Å². The van der Waals surface area contributed by atoms with Crippen molar-refractivity contribution >= 4 is 17.3 Å². The molecule has 2 nitrogen and oxygen atoms in total. The normalized spacial score (nSPS) is 11.6. The van der Waals surface area contributed by atoms with Gasteiger partial charge in [-0.15, -0.1) is 0 Å². The fraction of sp³-hybridized carbons (Fsp3) is 0.0714. The molecule has 0 aliphatic heterocycles. The van der Waals surface area contributed by atoms with Crippen LogP contribution in [0.3, 0.4) is 0 Å². The highest BCUT2D eigenvalue weighted by molar-refractivity contribution is 6.30. The van der Waals surface area contributed by atoms with Gasteiger partial charge in [0.1, 0.15) is 11.9 Å². The van der Waals surface area contributed by atoms with E-state index in [9.17, 15) is 4.39 Å². The average Bonchev–Trinajstić information content (AvgIpc) is 2.37. The molecular weight excluding hydrogens is 251 g/mol. The van der Waals surface area contributed by atoms with Crippen molar-refractivity contribution in [1.82, 2.24) is 0 Å². The van der Waals surface area contributed by atoms with Crippen molar-refractivity contribution in [2.45, 2.75) is 6.04 Å². The van der Waals surface area contributed by atoms with E-state index < -0.39 is 6.04 Å². The third kappa shape index (κ3) is 2.99. The molecule has 1 atom stereocenters. The third-order valence-electron chi connectivity index (χ3n) is 2.47. The van der Waals surface area contributed by atoms with Crippen LogP contribution in [0.1, 0.15) is 11.6 Å². The van der Waals surface area contributed by atoms with E-state index in [2.05, 4.69) is 11.4 Å². The van der Waals surface area contributed by atoms with Crippen LogP contribution in [0.15, 0.2) is 48.5 Å². The Kier molecular flexibility index (Phi) is 3.81. The van der Waals surface area contributed by atoms with Crippen LogP contribution in [0.4, 0.5) is 10.1 Å². The lowest BCUT2D eigenvalue weighted by Gasteiger charge is -2.13. The van der Waals surface area contributed by atoms with Crippen LogP contribution in [0.25, 0.3) is 0 Å². The van der Waals surface area contributed by atoms with Crippen molar-refractivity contribution in [3.05, 3.63) is 64.9 Å². The van der Waals surface area contributed by atoms with E-state index in [0.29, 0.717) is 10.6 Å². The molecule has 4 heteroatoms. The van der Waals surface area contributed by atoms with Crippen LogP contribution in [0.5, 0.6) is 0 Å². The summed E-state index contributed by atoms with van der Waals surface area (Å²) in [5.41, 5.74) is 1.46. The predicted octanol–water partition coefficient (Wildman–Crippen LogP) is 4.16. The Labute approximate surface area is 110 Å². The second kappa shape index (κ2) is 5.52. The first kappa shape index (κ1) is 12.4. The summed E-state index contributed by atoms with van der Waals surface area (Å²) in [6.45, 7) is 0. The SMILES string of the molecule is N#CC(Nc1cccc(Cl)c1)c1ccc(F)cc1. The van der Waals surface area contributed by atoms with Gasteiger partial charge in [0.05, 0.1) is 6.07 Å². The molecule has 0 fully saturated rings. The lowest BCUT2D eigenvalue weighted by Crippen LogP contribution is -2.08. The van der Waals surface area contributed by atoms with Crippen LogP contribution >= 0.6 is 11.6 Å². The number of rotatable bonds is 3. The molecule has 0 radical (unpaired) electrons. The number of hydrogen-bond acceptors (Lipinski definition) is 2. The quantitative estimate of drug-likeness (QED) is 0.900. The highest BCUT2D eigenvalue weighted by atomic mass is 35.5. The zero-order valence-electron chi connectivity index (χ0n) is 9.40. The Hall–Kier alpha value is -2.05. The summed E-state index contributed by atoms with van der Waals surface area (Å²) in [4.78, 5) is 0. The fourth-order valence-corrected chi connectivity index (χ4v) is 1.78. The fourth-order valence-electron chi connectivity index (χ4n) is 1.59. The van der Waals surface area contributed by atoms with Crippen LogP contribution in [-0.4, -0.2) is 0 Å². The van der Waals surface area contributed by atoms with Crippen LogP contribution in [0, 0.1) is 17.1 Å². The lowest BCUT2D eigenvalue weighted by molar-refractivity contribution is 0.627. The van der Waals surface area contributed by atoms with Crippen molar-refractivity contribution < 1.29 is 4.39 Å². The Morgan fingerprint density at radius 1 is 1.17 bits per heavy atom. The van der Waals surface area contributed by atoms with Crippen molar-refractivity contribution in [1.29, 1.82) is 5.26 Å². The number of hydrogen-bond donors (Lipinski definition) is 1. The lowest BCUT2D eigenvalue weighted by atomic mass is 10.1. The summed E-state index contributed by atoms with van der Waals surface area (Å²) in [6, 6.07) is 14.5. The smallest absolute Gasteiger partial charge is 0.140 e. The molecule has 0 aromatic heterocycles. The molecule has 0 saturated carbocycles. The van der Waals surface area contributed by atoms with Crippen molar-refractivity contribution in [3.8, 4) is 6.07 Å². The first-order valence-corrected chi connectivity index (χ1v) is 5.74. The summed E-state index contributed by atoms with van der Waals surface area (Å²) >= 11 is 5.87. The zero-order valence-corrected chi connectivity index (χ0v) is 10.2. The summed E-state index contributed by atoms with van der Waals surface area (Å²) < 4.78 is 12.8. The molecular formula is C14H10ClFN2. The van der Waals surface area contributed by atoms with Gasteiger partial charge in [-0.05, 0) is 35.9 Å². The van der Waals surface area contributed by atoms with Gasteiger partial charge in [0.15, 0.2) is 0 Å². The molecule has 2 aromatic rings. The van der Waals surface area contributed by atoms with E-state index in [1.807, 2.05) is 6.07 Å². The summed E-state index contributed by atoms with van der Waals surface area (Å²) in [7, 11) is 0. The van der Waals surface area contributed by atoms with E-state index in [-0.39, 0.29) is 5.82 Å². The minimum absolute atomic E-state index is 0.321. The molecule has 2 aromatic carbocycles. The van der Waals surface area contributed by atoms with E-state index >= 15 is 0 Å². The van der Waals surface area contributed by atoms with Gasteiger partial charge < -0.3 is 5.32 Å². The molecule has 0 saturated heterocycles.